The number of hydrogen-bond acceptors (Lipinski definition) is 4. The zero-order valence-electron chi connectivity index (χ0n) is 13.0. The average molecular weight is 305 g/mol. The van der Waals surface area contributed by atoms with Crippen molar-refractivity contribution < 1.29 is 14.3 Å². The third-order valence-electron chi connectivity index (χ3n) is 3.98. The van der Waals surface area contributed by atoms with E-state index in [0.717, 1.165) is 56.3 Å². The maximum atomic E-state index is 12.0. The molecule has 1 saturated heterocycles. The van der Waals surface area contributed by atoms with Gasteiger partial charge in [-0.15, -0.1) is 0 Å². The zero-order valence-corrected chi connectivity index (χ0v) is 13.0. The van der Waals surface area contributed by atoms with E-state index in [1.54, 1.807) is 0 Å². The molecule has 1 aromatic carbocycles. The molecule has 0 saturated carbocycles. The number of fused-ring (bicyclic) bond motifs is 1. The van der Waals surface area contributed by atoms with Gasteiger partial charge in [0.1, 0.15) is 13.2 Å². The number of anilines is 1. The van der Waals surface area contributed by atoms with Crippen molar-refractivity contribution >= 4 is 11.7 Å². The maximum Gasteiger partial charge on any atom is 0.317 e. The van der Waals surface area contributed by atoms with Crippen molar-refractivity contribution in [1.29, 1.82) is 0 Å². The number of carbonyl (C=O) groups excluding carboxylic acids is 1. The molecule has 2 heterocycles. The number of hydrogen-bond donors (Lipinski definition) is 1. The van der Waals surface area contributed by atoms with Gasteiger partial charge in [0.15, 0.2) is 11.5 Å². The predicted octanol–water partition coefficient (Wildman–Crippen LogP) is 1.70. The number of nitrogens with one attached hydrogen (secondary N) is 1. The number of rotatable bonds is 3. The first-order chi connectivity index (χ1) is 10.8. The van der Waals surface area contributed by atoms with E-state index in [0.29, 0.717) is 13.2 Å². The Hall–Kier alpha value is -2.11. The van der Waals surface area contributed by atoms with E-state index in [1.807, 2.05) is 17.0 Å². The number of piperazine rings is 1. The average Bonchev–Trinajstić information content (AvgIpc) is 2.59. The molecular formula is C16H23N3O3. The molecule has 2 aliphatic rings. The molecule has 1 fully saturated rings. The van der Waals surface area contributed by atoms with E-state index >= 15 is 0 Å². The van der Waals surface area contributed by atoms with Crippen molar-refractivity contribution in [2.24, 2.45) is 0 Å². The second-order valence-electron chi connectivity index (χ2n) is 5.53. The normalized spacial score (nSPS) is 17.3. The van der Waals surface area contributed by atoms with Crippen LogP contribution < -0.4 is 19.7 Å². The van der Waals surface area contributed by atoms with Crippen LogP contribution in [0.1, 0.15) is 13.3 Å². The van der Waals surface area contributed by atoms with Gasteiger partial charge < -0.3 is 24.6 Å². The molecule has 0 atom stereocenters. The fourth-order valence-corrected chi connectivity index (χ4v) is 2.74. The minimum absolute atomic E-state index is 0.0451. The zero-order chi connectivity index (χ0) is 15.4. The standard InChI is InChI=1S/C16H23N3O3/c1-2-5-17-16(20)19-8-6-18(7-9-19)13-3-4-14-15(12-13)22-11-10-21-14/h3-4,12H,2,5-11H2,1H3,(H,17,20). The number of nitrogens with zero attached hydrogens (tertiary/aromatic N) is 2. The van der Waals surface area contributed by atoms with Crippen molar-refractivity contribution in [3.8, 4) is 11.5 Å². The minimum atomic E-state index is 0.0451. The fourth-order valence-electron chi connectivity index (χ4n) is 2.74. The Morgan fingerprint density at radius 2 is 1.86 bits per heavy atom. The summed E-state index contributed by atoms with van der Waals surface area (Å²) in [7, 11) is 0. The molecule has 6 nitrogen and oxygen atoms in total. The molecule has 0 aliphatic carbocycles. The Balaban J connectivity index is 1.58. The lowest BCUT2D eigenvalue weighted by Gasteiger charge is -2.36. The van der Waals surface area contributed by atoms with Crippen molar-refractivity contribution in [2.75, 3.05) is 50.8 Å². The molecular weight excluding hydrogens is 282 g/mol. The summed E-state index contributed by atoms with van der Waals surface area (Å²) >= 11 is 0. The molecule has 6 heteroatoms. The summed E-state index contributed by atoms with van der Waals surface area (Å²) < 4.78 is 11.2. The summed E-state index contributed by atoms with van der Waals surface area (Å²) in [5.41, 5.74) is 1.12. The summed E-state index contributed by atoms with van der Waals surface area (Å²) in [6.45, 7) is 7.15. The quantitative estimate of drug-likeness (QED) is 0.923. The first-order valence-electron chi connectivity index (χ1n) is 7.95. The van der Waals surface area contributed by atoms with E-state index < -0.39 is 0 Å². The van der Waals surface area contributed by atoms with Gasteiger partial charge in [-0.05, 0) is 18.6 Å². The molecule has 2 amide bonds. The molecule has 3 rings (SSSR count). The van der Waals surface area contributed by atoms with E-state index in [1.165, 1.54) is 0 Å². The number of ether oxygens (including phenoxy) is 2. The molecule has 22 heavy (non-hydrogen) atoms. The Morgan fingerprint density at radius 1 is 1.14 bits per heavy atom. The topological polar surface area (TPSA) is 54.0 Å². The van der Waals surface area contributed by atoms with Gasteiger partial charge in [-0.3, -0.25) is 0 Å². The predicted molar refractivity (Wildman–Crippen MR) is 84.9 cm³/mol. The van der Waals surface area contributed by atoms with Crippen LogP contribution >= 0.6 is 0 Å². The van der Waals surface area contributed by atoms with Crippen LogP contribution in [0.15, 0.2) is 18.2 Å². The fraction of sp³-hybridized carbons (Fsp3) is 0.562. The van der Waals surface area contributed by atoms with Gasteiger partial charge in [0.05, 0.1) is 0 Å². The van der Waals surface area contributed by atoms with Gasteiger partial charge in [-0.1, -0.05) is 6.92 Å². The highest BCUT2D eigenvalue weighted by Crippen LogP contribution is 2.34. The Morgan fingerprint density at radius 3 is 2.59 bits per heavy atom. The largest absolute Gasteiger partial charge is 0.486 e. The summed E-state index contributed by atoms with van der Waals surface area (Å²) in [6.07, 6.45) is 0.961. The van der Waals surface area contributed by atoms with E-state index in [2.05, 4.69) is 23.2 Å². The number of benzene rings is 1. The number of urea groups is 1. The van der Waals surface area contributed by atoms with Gasteiger partial charge in [0, 0.05) is 44.5 Å². The highest BCUT2D eigenvalue weighted by molar-refractivity contribution is 5.74. The van der Waals surface area contributed by atoms with Gasteiger partial charge in [0.25, 0.3) is 0 Å². The van der Waals surface area contributed by atoms with Gasteiger partial charge in [0.2, 0.25) is 0 Å². The van der Waals surface area contributed by atoms with Crippen molar-refractivity contribution in [3.63, 3.8) is 0 Å². The molecule has 1 aromatic rings. The molecule has 120 valence electrons. The third-order valence-corrected chi connectivity index (χ3v) is 3.98. The highest BCUT2D eigenvalue weighted by atomic mass is 16.6. The van der Waals surface area contributed by atoms with Crippen LogP contribution in [-0.2, 0) is 0 Å². The van der Waals surface area contributed by atoms with Crippen LogP contribution in [0.25, 0.3) is 0 Å². The lowest BCUT2D eigenvalue weighted by molar-refractivity contribution is 0.171. The second kappa shape index (κ2) is 6.77. The maximum absolute atomic E-state index is 12.0. The van der Waals surface area contributed by atoms with Crippen LogP contribution in [0.3, 0.4) is 0 Å². The van der Waals surface area contributed by atoms with E-state index in [-0.39, 0.29) is 6.03 Å². The summed E-state index contributed by atoms with van der Waals surface area (Å²) in [5, 5.41) is 2.93. The number of amides is 2. The Kier molecular flexibility index (Phi) is 4.56. The lowest BCUT2D eigenvalue weighted by Crippen LogP contribution is -2.52. The first-order valence-corrected chi connectivity index (χ1v) is 7.95. The van der Waals surface area contributed by atoms with Crippen molar-refractivity contribution in [2.45, 2.75) is 13.3 Å². The molecule has 2 aliphatic heterocycles. The number of carbonyl (C=O) groups is 1. The lowest BCUT2D eigenvalue weighted by atomic mass is 10.2. The van der Waals surface area contributed by atoms with Gasteiger partial charge in [-0.25, -0.2) is 4.79 Å². The molecule has 0 unspecified atom stereocenters. The van der Waals surface area contributed by atoms with Crippen LogP contribution in [-0.4, -0.2) is 56.9 Å². The third kappa shape index (κ3) is 3.21. The smallest absolute Gasteiger partial charge is 0.317 e. The molecule has 0 radical (unpaired) electrons. The van der Waals surface area contributed by atoms with Crippen molar-refractivity contribution in [1.82, 2.24) is 10.2 Å². The first kappa shape index (κ1) is 14.8. The van der Waals surface area contributed by atoms with Crippen LogP contribution in [0, 0.1) is 0 Å². The molecule has 0 aromatic heterocycles. The minimum Gasteiger partial charge on any atom is -0.486 e. The van der Waals surface area contributed by atoms with Crippen LogP contribution in [0.2, 0.25) is 0 Å². The van der Waals surface area contributed by atoms with Crippen LogP contribution in [0.5, 0.6) is 11.5 Å². The van der Waals surface area contributed by atoms with Crippen LogP contribution in [0.4, 0.5) is 10.5 Å². The Bertz CT molecular complexity index is 527. The molecule has 0 spiro atoms. The van der Waals surface area contributed by atoms with E-state index in [9.17, 15) is 4.79 Å². The summed E-state index contributed by atoms with van der Waals surface area (Å²) in [6, 6.07) is 6.09. The Labute approximate surface area is 131 Å². The van der Waals surface area contributed by atoms with Gasteiger partial charge >= 0.3 is 6.03 Å². The van der Waals surface area contributed by atoms with Crippen molar-refractivity contribution in [3.05, 3.63) is 18.2 Å². The van der Waals surface area contributed by atoms with E-state index in [4.69, 9.17) is 9.47 Å². The SMILES string of the molecule is CCCNC(=O)N1CCN(c2ccc3c(c2)OCCO3)CC1. The monoisotopic (exact) mass is 305 g/mol. The second-order valence-corrected chi connectivity index (χ2v) is 5.53. The molecule has 1 N–H and O–H groups in total. The highest BCUT2D eigenvalue weighted by Gasteiger charge is 2.22. The summed E-state index contributed by atoms with van der Waals surface area (Å²) in [5.74, 6) is 1.62. The molecule has 0 bridgehead atoms. The van der Waals surface area contributed by atoms with Gasteiger partial charge in [-0.2, -0.15) is 0 Å². The summed E-state index contributed by atoms with van der Waals surface area (Å²) in [4.78, 5) is 16.1.